The fraction of sp³-hybridized carbons (Fsp3) is 0.273. The number of aryl methyl sites for hydroxylation is 1. The quantitative estimate of drug-likeness (QED) is 0.894. The number of sulfonamides is 1. The molecule has 1 aromatic heterocycles. The molecule has 1 unspecified atom stereocenters. The summed E-state index contributed by atoms with van der Waals surface area (Å²) in [5.41, 5.74) is 6.51. The molecule has 0 saturated carbocycles. The average molecular weight is 298 g/mol. The highest BCUT2D eigenvalue weighted by Crippen LogP contribution is 2.20. The van der Waals surface area contributed by atoms with E-state index in [0.29, 0.717) is 5.82 Å². The predicted octanol–water partition coefficient (Wildman–Crippen LogP) is 1.67. The Morgan fingerprint density at radius 2 is 2.16 bits per heavy atom. The molecule has 0 aliphatic rings. The highest BCUT2D eigenvalue weighted by Gasteiger charge is 2.17. The van der Waals surface area contributed by atoms with Crippen molar-refractivity contribution in [3.63, 3.8) is 0 Å². The maximum atomic E-state index is 12.2. The van der Waals surface area contributed by atoms with Crippen LogP contribution in [0, 0.1) is 6.92 Å². The van der Waals surface area contributed by atoms with Gasteiger partial charge in [-0.3, -0.25) is 4.72 Å². The van der Waals surface area contributed by atoms with Gasteiger partial charge in [-0.2, -0.15) is 4.37 Å². The zero-order chi connectivity index (χ0) is 14.0. The third kappa shape index (κ3) is 3.28. The van der Waals surface area contributed by atoms with Crippen molar-refractivity contribution in [1.82, 2.24) is 9.36 Å². The number of nitrogens with one attached hydrogen (secondary N) is 1. The molecule has 0 fully saturated rings. The Hall–Kier alpha value is -1.51. The Bertz CT molecular complexity index is 680. The van der Waals surface area contributed by atoms with Gasteiger partial charge in [-0.15, -0.1) is 0 Å². The molecule has 2 aromatic rings. The van der Waals surface area contributed by atoms with Gasteiger partial charge in [0.25, 0.3) is 10.0 Å². The smallest absolute Gasteiger partial charge is 0.263 e. The number of rotatable bonds is 4. The lowest BCUT2D eigenvalue weighted by Crippen LogP contribution is -2.14. The second-order valence-corrected chi connectivity index (χ2v) is 6.55. The molecule has 0 aliphatic carbocycles. The van der Waals surface area contributed by atoms with Crippen molar-refractivity contribution < 1.29 is 8.42 Å². The number of hydrogen-bond donors (Lipinski definition) is 2. The van der Waals surface area contributed by atoms with Crippen LogP contribution in [0.2, 0.25) is 0 Å². The molecule has 0 radical (unpaired) electrons. The maximum absolute atomic E-state index is 12.2. The van der Waals surface area contributed by atoms with Gasteiger partial charge in [0.15, 0.2) is 0 Å². The van der Waals surface area contributed by atoms with Gasteiger partial charge in [0.05, 0.1) is 4.90 Å². The molecule has 1 atom stereocenters. The molecule has 0 amide bonds. The standard InChI is InChI=1S/C11H14N4O2S2/c1-7(12)9-4-3-5-10(6-9)19(16,17)15-11-13-8(2)14-18-11/h3-7H,12H2,1-2H3,(H,13,14,15). The Morgan fingerprint density at radius 1 is 1.42 bits per heavy atom. The highest BCUT2D eigenvalue weighted by atomic mass is 32.2. The molecule has 0 bridgehead atoms. The molecule has 8 heteroatoms. The molecular formula is C11H14N4O2S2. The molecule has 6 nitrogen and oxygen atoms in total. The lowest BCUT2D eigenvalue weighted by Gasteiger charge is -2.09. The Labute approximate surface area is 115 Å². The van der Waals surface area contributed by atoms with E-state index in [9.17, 15) is 8.42 Å². The first-order valence-corrected chi connectivity index (χ1v) is 7.83. The molecule has 1 heterocycles. The van der Waals surface area contributed by atoms with Crippen LogP contribution in [0.3, 0.4) is 0 Å². The molecule has 102 valence electrons. The van der Waals surface area contributed by atoms with E-state index in [4.69, 9.17) is 5.73 Å². The van der Waals surface area contributed by atoms with Crippen LogP contribution in [-0.2, 0) is 10.0 Å². The molecule has 2 rings (SSSR count). The third-order valence-corrected chi connectivity index (χ3v) is 4.63. The van der Waals surface area contributed by atoms with E-state index in [1.165, 1.54) is 6.07 Å². The summed E-state index contributed by atoms with van der Waals surface area (Å²) in [6.07, 6.45) is 0. The number of anilines is 1. The van der Waals surface area contributed by atoms with E-state index >= 15 is 0 Å². The van der Waals surface area contributed by atoms with Gasteiger partial charge in [0, 0.05) is 17.6 Å². The van der Waals surface area contributed by atoms with Crippen LogP contribution in [0.4, 0.5) is 5.13 Å². The van der Waals surface area contributed by atoms with Crippen LogP contribution >= 0.6 is 11.5 Å². The van der Waals surface area contributed by atoms with Crippen molar-refractivity contribution >= 4 is 26.7 Å². The first-order valence-electron chi connectivity index (χ1n) is 5.57. The van der Waals surface area contributed by atoms with Crippen LogP contribution in [0.15, 0.2) is 29.2 Å². The first-order chi connectivity index (χ1) is 8.88. The predicted molar refractivity (Wildman–Crippen MR) is 74.5 cm³/mol. The van der Waals surface area contributed by atoms with Gasteiger partial charge in [-0.25, -0.2) is 13.4 Å². The lowest BCUT2D eigenvalue weighted by molar-refractivity contribution is 0.601. The normalized spacial score (nSPS) is 13.2. The van der Waals surface area contributed by atoms with Gasteiger partial charge in [-0.05, 0) is 31.5 Å². The Morgan fingerprint density at radius 3 is 2.74 bits per heavy atom. The molecule has 0 saturated heterocycles. The molecular weight excluding hydrogens is 284 g/mol. The van der Waals surface area contributed by atoms with Crippen molar-refractivity contribution in [3.8, 4) is 0 Å². The van der Waals surface area contributed by atoms with E-state index in [-0.39, 0.29) is 16.1 Å². The summed E-state index contributed by atoms with van der Waals surface area (Å²) in [5, 5.41) is 0.253. The van der Waals surface area contributed by atoms with Gasteiger partial charge in [0.1, 0.15) is 5.82 Å². The number of nitrogens with zero attached hydrogens (tertiary/aromatic N) is 2. The van der Waals surface area contributed by atoms with Gasteiger partial charge >= 0.3 is 0 Å². The second-order valence-electron chi connectivity index (χ2n) is 4.11. The van der Waals surface area contributed by atoms with Crippen molar-refractivity contribution in [2.75, 3.05) is 4.72 Å². The topological polar surface area (TPSA) is 98.0 Å². The summed E-state index contributed by atoms with van der Waals surface area (Å²) in [6, 6.07) is 6.30. The van der Waals surface area contributed by atoms with Crippen molar-refractivity contribution in [3.05, 3.63) is 35.7 Å². The lowest BCUT2D eigenvalue weighted by atomic mass is 10.1. The molecule has 1 aromatic carbocycles. The zero-order valence-corrected chi connectivity index (χ0v) is 12.1. The van der Waals surface area contributed by atoms with Crippen molar-refractivity contribution in [1.29, 1.82) is 0 Å². The summed E-state index contributed by atoms with van der Waals surface area (Å²) in [6.45, 7) is 3.50. The van der Waals surface area contributed by atoms with Gasteiger partial charge in [0.2, 0.25) is 5.13 Å². The van der Waals surface area contributed by atoms with E-state index in [1.54, 1.807) is 32.0 Å². The summed E-state index contributed by atoms with van der Waals surface area (Å²) in [7, 11) is -3.65. The number of aromatic nitrogens is 2. The Kier molecular flexibility index (Phi) is 3.83. The maximum Gasteiger partial charge on any atom is 0.263 e. The number of benzene rings is 1. The highest BCUT2D eigenvalue weighted by molar-refractivity contribution is 7.93. The van der Waals surface area contributed by atoms with Crippen molar-refractivity contribution in [2.24, 2.45) is 5.73 Å². The fourth-order valence-corrected chi connectivity index (χ4v) is 3.33. The van der Waals surface area contributed by atoms with E-state index in [0.717, 1.165) is 17.1 Å². The Balaban J connectivity index is 2.31. The van der Waals surface area contributed by atoms with Crippen molar-refractivity contribution in [2.45, 2.75) is 24.8 Å². The fourth-order valence-electron chi connectivity index (χ4n) is 1.48. The second kappa shape index (κ2) is 5.24. The summed E-state index contributed by atoms with van der Waals surface area (Å²) in [5.74, 6) is 0.534. The van der Waals surface area contributed by atoms with Crippen LogP contribution in [0.25, 0.3) is 0 Å². The molecule has 3 N–H and O–H groups in total. The summed E-state index contributed by atoms with van der Waals surface area (Å²) in [4.78, 5) is 4.13. The summed E-state index contributed by atoms with van der Waals surface area (Å²) < 4.78 is 30.7. The third-order valence-electron chi connectivity index (χ3n) is 2.44. The van der Waals surface area contributed by atoms with Gasteiger partial charge < -0.3 is 5.73 Å². The molecule has 0 spiro atoms. The minimum atomic E-state index is -3.65. The van der Waals surface area contributed by atoms with Crippen LogP contribution < -0.4 is 10.5 Å². The number of hydrogen-bond acceptors (Lipinski definition) is 6. The average Bonchev–Trinajstić information content (AvgIpc) is 2.74. The van der Waals surface area contributed by atoms with Crippen LogP contribution in [0.1, 0.15) is 24.4 Å². The van der Waals surface area contributed by atoms with Crippen LogP contribution in [-0.4, -0.2) is 17.8 Å². The molecule has 19 heavy (non-hydrogen) atoms. The minimum Gasteiger partial charge on any atom is -0.324 e. The first kappa shape index (κ1) is 13.9. The van der Waals surface area contributed by atoms with E-state index < -0.39 is 10.0 Å². The largest absolute Gasteiger partial charge is 0.324 e. The monoisotopic (exact) mass is 298 g/mol. The molecule has 0 aliphatic heterocycles. The van der Waals surface area contributed by atoms with Gasteiger partial charge in [-0.1, -0.05) is 12.1 Å². The summed E-state index contributed by atoms with van der Waals surface area (Å²) >= 11 is 1.01. The number of nitrogens with two attached hydrogens (primary N) is 1. The van der Waals surface area contributed by atoms with Crippen LogP contribution in [0.5, 0.6) is 0 Å². The zero-order valence-electron chi connectivity index (χ0n) is 10.5. The van der Waals surface area contributed by atoms with E-state index in [1.807, 2.05) is 0 Å². The minimum absolute atomic E-state index is 0.162. The SMILES string of the molecule is Cc1nsc(NS(=O)(=O)c2cccc(C(C)N)c2)n1. The van der Waals surface area contributed by atoms with E-state index in [2.05, 4.69) is 14.1 Å².